The maximum atomic E-state index is 12.2. The van der Waals surface area contributed by atoms with Gasteiger partial charge in [-0.3, -0.25) is 4.79 Å². The van der Waals surface area contributed by atoms with Crippen LogP contribution < -0.4 is 10.1 Å². The third-order valence-corrected chi connectivity index (χ3v) is 5.14. The van der Waals surface area contributed by atoms with Crippen LogP contribution in [0.3, 0.4) is 0 Å². The topological polar surface area (TPSA) is 70.6 Å². The van der Waals surface area contributed by atoms with Crippen molar-refractivity contribution < 1.29 is 9.53 Å². The molecule has 1 saturated heterocycles. The monoisotopic (exact) mass is 383 g/mol. The number of anilines is 2. The number of carbonyl (C=O) groups is 1. The second kappa shape index (κ2) is 9.61. The fourth-order valence-electron chi connectivity index (χ4n) is 3.35. The molecule has 1 N–H and O–H groups in total. The van der Waals surface area contributed by atoms with E-state index in [9.17, 15) is 4.79 Å². The van der Waals surface area contributed by atoms with E-state index < -0.39 is 0 Å². The third kappa shape index (κ3) is 6.00. The number of hydrogen-bond acceptors (Lipinski definition) is 7. The van der Waals surface area contributed by atoms with Gasteiger partial charge in [0.05, 0.1) is 6.42 Å². The normalized spacial score (nSPS) is 15.6. The van der Waals surface area contributed by atoms with E-state index in [4.69, 9.17) is 4.74 Å². The molecule has 0 unspecified atom stereocenters. The number of aromatic nitrogens is 2. The molecule has 28 heavy (non-hydrogen) atoms. The second-order valence-electron chi connectivity index (χ2n) is 7.43. The Morgan fingerprint density at radius 3 is 2.64 bits per heavy atom. The summed E-state index contributed by atoms with van der Waals surface area (Å²) in [6, 6.07) is 9.73. The highest BCUT2D eigenvalue weighted by Gasteiger charge is 2.21. The lowest BCUT2D eigenvalue weighted by atomic mass is 10.0. The Balaban J connectivity index is 1.44. The maximum absolute atomic E-state index is 12.2. The number of ether oxygens (including phenoxy) is 1. The molecular weight excluding hydrogens is 354 g/mol. The van der Waals surface area contributed by atoms with Gasteiger partial charge in [-0.25, -0.2) is 9.97 Å². The van der Waals surface area contributed by atoms with Gasteiger partial charge >= 0.3 is 5.97 Å². The van der Waals surface area contributed by atoms with Crippen molar-refractivity contribution in [2.75, 3.05) is 39.0 Å². The molecule has 0 atom stereocenters. The van der Waals surface area contributed by atoms with Crippen molar-refractivity contribution in [2.24, 2.45) is 0 Å². The second-order valence-corrected chi connectivity index (χ2v) is 7.43. The molecule has 0 radical (unpaired) electrons. The minimum Gasteiger partial charge on any atom is -0.426 e. The van der Waals surface area contributed by atoms with Crippen LogP contribution in [0.4, 0.5) is 11.5 Å². The number of esters is 1. The molecule has 0 spiro atoms. The zero-order valence-corrected chi connectivity index (χ0v) is 16.9. The number of aryl methyl sites for hydroxylation is 1. The summed E-state index contributed by atoms with van der Waals surface area (Å²) in [5.41, 5.74) is 1.77. The fourth-order valence-corrected chi connectivity index (χ4v) is 3.35. The summed E-state index contributed by atoms with van der Waals surface area (Å²) in [4.78, 5) is 25.1. The Kier molecular flexibility index (Phi) is 6.95. The quantitative estimate of drug-likeness (QED) is 0.582. The number of carbonyl (C=O) groups excluding carboxylic acids is 1. The van der Waals surface area contributed by atoms with E-state index in [1.807, 2.05) is 25.1 Å². The van der Waals surface area contributed by atoms with E-state index in [2.05, 4.69) is 39.2 Å². The van der Waals surface area contributed by atoms with Crippen LogP contribution in [0.25, 0.3) is 0 Å². The van der Waals surface area contributed by atoms with Crippen LogP contribution in [-0.2, 0) is 4.79 Å². The molecule has 150 valence electrons. The van der Waals surface area contributed by atoms with E-state index in [1.165, 1.54) is 6.33 Å². The number of rotatable bonds is 7. The molecule has 1 aliphatic heterocycles. The van der Waals surface area contributed by atoms with Crippen LogP contribution in [-0.4, -0.2) is 65.5 Å². The van der Waals surface area contributed by atoms with Crippen LogP contribution in [0.2, 0.25) is 0 Å². The van der Waals surface area contributed by atoms with Crippen molar-refractivity contribution >= 4 is 17.5 Å². The first-order valence-corrected chi connectivity index (χ1v) is 9.75. The first kappa shape index (κ1) is 20.2. The third-order valence-electron chi connectivity index (χ3n) is 5.14. The van der Waals surface area contributed by atoms with Gasteiger partial charge in [0.1, 0.15) is 17.9 Å². The van der Waals surface area contributed by atoms with Gasteiger partial charge in [0.15, 0.2) is 0 Å². The molecule has 3 rings (SSSR count). The molecular formula is C21H29N5O2. The van der Waals surface area contributed by atoms with Crippen LogP contribution in [0.1, 0.15) is 25.0 Å². The van der Waals surface area contributed by atoms with Gasteiger partial charge in [-0.15, -0.1) is 0 Å². The van der Waals surface area contributed by atoms with E-state index in [0.29, 0.717) is 18.2 Å². The summed E-state index contributed by atoms with van der Waals surface area (Å²) in [6.45, 7) is 4.88. The van der Waals surface area contributed by atoms with E-state index in [0.717, 1.165) is 49.7 Å². The predicted octanol–water partition coefficient (Wildman–Crippen LogP) is 2.85. The lowest BCUT2D eigenvalue weighted by molar-refractivity contribution is -0.134. The van der Waals surface area contributed by atoms with Crippen molar-refractivity contribution in [1.29, 1.82) is 0 Å². The highest BCUT2D eigenvalue weighted by molar-refractivity contribution is 5.72. The minimum absolute atomic E-state index is 0.202. The van der Waals surface area contributed by atoms with E-state index in [1.54, 1.807) is 12.1 Å². The van der Waals surface area contributed by atoms with Gasteiger partial charge in [-0.2, -0.15) is 0 Å². The smallest absolute Gasteiger partial charge is 0.312 e. The molecule has 1 aromatic heterocycles. The number of piperidine rings is 1. The number of hydrogen-bond donors (Lipinski definition) is 1. The molecule has 7 heteroatoms. The Labute approximate surface area is 166 Å². The Hall–Kier alpha value is -2.51. The Bertz CT molecular complexity index is 773. The zero-order chi connectivity index (χ0) is 19.9. The molecule has 1 aliphatic rings. The van der Waals surface area contributed by atoms with Gasteiger partial charge in [0.2, 0.25) is 0 Å². The van der Waals surface area contributed by atoms with Crippen LogP contribution in [0.5, 0.6) is 5.75 Å². The SMILES string of the molecule is Cc1cc(Nc2ccc(OC(=O)CCN(C)C3CCN(C)CC3)cc2)ncn1. The maximum Gasteiger partial charge on any atom is 0.312 e. The standard InChI is InChI=1S/C21H29N5O2/c1-16-14-20(23-15-22-16)24-17-4-6-19(7-5-17)28-21(27)10-13-26(3)18-8-11-25(2)12-9-18/h4-7,14-15,18H,8-13H2,1-3H3,(H,22,23,24). The van der Waals surface area contributed by atoms with E-state index in [-0.39, 0.29) is 5.97 Å². The number of benzene rings is 1. The lowest BCUT2D eigenvalue weighted by Crippen LogP contribution is -2.42. The van der Waals surface area contributed by atoms with Crippen molar-refractivity contribution in [3.05, 3.63) is 42.4 Å². The number of nitrogens with zero attached hydrogens (tertiary/aromatic N) is 4. The summed E-state index contributed by atoms with van der Waals surface area (Å²) in [6.07, 6.45) is 4.23. The lowest BCUT2D eigenvalue weighted by Gasteiger charge is -2.34. The zero-order valence-electron chi connectivity index (χ0n) is 16.9. The van der Waals surface area contributed by atoms with Gasteiger partial charge in [-0.1, -0.05) is 0 Å². The molecule has 0 bridgehead atoms. The predicted molar refractivity (Wildman–Crippen MR) is 110 cm³/mol. The summed E-state index contributed by atoms with van der Waals surface area (Å²) in [5, 5.41) is 3.20. The van der Waals surface area contributed by atoms with Crippen LogP contribution in [0, 0.1) is 6.92 Å². The van der Waals surface area contributed by atoms with E-state index >= 15 is 0 Å². The van der Waals surface area contributed by atoms with Crippen molar-refractivity contribution in [3.63, 3.8) is 0 Å². The minimum atomic E-state index is -0.202. The highest BCUT2D eigenvalue weighted by Crippen LogP contribution is 2.20. The Morgan fingerprint density at radius 2 is 1.96 bits per heavy atom. The fraction of sp³-hybridized carbons (Fsp3) is 0.476. The number of nitrogens with one attached hydrogen (secondary N) is 1. The van der Waals surface area contributed by atoms with Gasteiger partial charge < -0.3 is 19.9 Å². The molecule has 0 amide bonds. The Morgan fingerprint density at radius 1 is 1.25 bits per heavy atom. The number of likely N-dealkylation sites (tertiary alicyclic amines) is 1. The molecule has 1 fully saturated rings. The average Bonchev–Trinajstić information content (AvgIpc) is 2.68. The van der Waals surface area contributed by atoms with Crippen LogP contribution >= 0.6 is 0 Å². The van der Waals surface area contributed by atoms with Gasteiger partial charge in [0.25, 0.3) is 0 Å². The molecule has 0 saturated carbocycles. The highest BCUT2D eigenvalue weighted by atomic mass is 16.5. The van der Waals surface area contributed by atoms with Crippen molar-refractivity contribution in [3.8, 4) is 5.75 Å². The average molecular weight is 383 g/mol. The summed E-state index contributed by atoms with van der Waals surface area (Å²) in [7, 11) is 4.25. The summed E-state index contributed by atoms with van der Waals surface area (Å²) < 4.78 is 5.47. The molecule has 1 aromatic carbocycles. The largest absolute Gasteiger partial charge is 0.426 e. The van der Waals surface area contributed by atoms with Gasteiger partial charge in [0, 0.05) is 30.0 Å². The molecule has 0 aliphatic carbocycles. The first-order valence-electron chi connectivity index (χ1n) is 9.75. The molecule has 2 heterocycles. The molecule has 7 nitrogen and oxygen atoms in total. The molecule has 2 aromatic rings. The van der Waals surface area contributed by atoms with Gasteiger partial charge in [-0.05, 0) is 71.2 Å². The van der Waals surface area contributed by atoms with Crippen molar-refractivity contribution in [1.82, 2.24) is 19.8 Å². The summed E-state index contributed by atoms with van der Waals surface area (Å²) >= 11 is 0. The summed E-state index contributed by atoms with van der Waals surface area (Å²) in [5.74, 6) is 1.08. The van der Waals surface area contributed by atoms with Crippen LogP contribution in [0.15, 0.2) is 36.7 Å². The van der Waals surface area contributed by atoms with Crippen molar-refractivity contribution in [2.45, 2.75) is 32.2 Å². The first-order chi connectivity index (χ1) is 13.5.